The SMILES string of the molecule is COC(=O)c1ccccc1NC(=O)[C@]12CC[C@@](C)(C(=O)[C@H]1Br)C2(C)C. The van der Waals surface area contributed by atoms with Crippen molar-refractivity contribution in [3.05, 3.63) is 29.8 Å². The summed E-state index contributed by atoms with van der Waals surface area (Å²) in [5.74, 6) is -0.660. The molecular formula is C19H22BrNO4. The van der Waals surface area contributed by atoms with Crippen molar-refractivity contribution in [1.82, 2.24) is 0 Å². The third kappa shape index (κ3) is 2.09. The van der Waals surface area contributed by atoms with Gasteiger partial charge in [-0.3, -0.25) is 9.59 Å². The number of ether oxygens (including phenoxy) is 1. The molecule has 0 unspecified atom stereocenters. The summed E-state index contributed by atoms with van der Waals surface area (Å²) in [5, 5.41) is 2.89. The Labute approximate surface area is 155 Å². The maximum Gasteiger partial charge on any atom is 0.339 e. The number of fused-ring (bicyclic) bond motifs is 2. The van der Waals surface area contributed by atoms with Gasteiger partial charge in [-0.15, -0.1) is 0 Å². The van der Waals surface area contributed by atoms with Crippen molar-refractivity contribution in [3.63, 3.8) is 0 Å². The van der Waals surface area contributed by atoms with Gasteiger partial charge in [0.15, 0.2) is 5.78 Å². The molecule has 2 fully saturated rings. The first kappa shape index (κ1) is 18.1. The van der Waals surface area contributed by atoms with Crippen molar-refractivity contribution in [3.8, 4) is 0 Å². The maximum atomic E-state index is 13.3. The van der Waals surface area contributed by atoms with Gasteiger partial charge in [0.05, 0.1) is 28.6 Å². The molecule has 6 heteroatoms. The largest absolute Gasteiger partial charge is 0.465 e. The molecule has 0 heterocycles. The van der Waals surface area contributed by atoms with Gasteiger partial charge < -0.3 is 10.1 Å². The van der Waals surface area contributed by atoms with Crippen LogP contribution in [0.1, 0.15) is 44.0 Å². The van der Waals surface area contributed by atoms with Crippen molar-refractivity contribution in [2.45, 2.75) is 38.4 Å². The van der Waals surface area contributed by atoms with Crippen LogP contribution in [0.15, 0.2) is 24.3 Å². The van der Waals surface area contributed by atoms with Crippen molar-refractivity contribution < 1.29 is 19.1 Å². The standard InChI is InChI=1S/C19H22BrNO4/c1-17(2)18(3)9-10-19(17,13(20)14(18)22)16(24)21-12-8-6-5-7-11(12)15(23)25-4/h5-8,13H,9-10H2,1-4H3,(H,21,24)/t13-,18+,19+/m1/s1. The Balaban J connectivity index is 2.00. The molecule has 0 aromatic heterocycles. The highest BCUT2D eigenvalue weighted by Crippen LogP contribution is 2.72. The zero-order chi connectivity index (χ0) is 18.6. The Morgan fingerprint density at radius 2 is 1.84 bits per heavy atom. The number of Topliss-reactive ketones (excluding diaryl/α,β-unsaturated/α-hetero) is 1. The minimum Gasteiger partial charge on any atom is -0.465 e. The van der Waals surface area contributed by atoms with E-state index in [-0.39, 0.29) is 11.7 Å². The highest BCUT2D eigenvalue weighted by Gasteiger charge is 2.76. The van der Waals surface area contributed by atoms with Crippen LogP contribution in [0.2, 0.25) is 0 Å². The molecule has 1 N–H and O–H groups in total. The molecule has 134 valence electrons. The number of nitrogens with one attached hydrogen (secondary N) is 1. The molecule has 2 bridgehead atoms. The molecule has 2 aliphatic carbocycles. The van der Waals surface area contributed by atoms with E-state index in [9.17, 15) is 14.4 Å². The summed E-state index contributed by atoms with van der Waals surface area (Å²) in [6, 6.07) is 6.73. The first-order valence-electron chi connectivity index (χ1n) is 8.30. The van der Waals surface area contributed by atoms with Crippen LogP contribution < -0.4 is 5.32 Å². The Morgan fingerprint density at radius 1 is 1.20 bits per heavy atom. The lowest BCUT2D eigenvalue weighted by Crippen LogP contribution is -2.48. The van der Waals surface area contributed by atoms with Gasteiger partial charge >= 0.3 is 5.97 Å². The van der Waals surface area contributed by atoms with Gasteiger partial charge in [-0.05, 0) is 30.4 Å². The van der Waals surface area contributed by atoms with Crippen LogP contribution >= 0.6 is 15.9 Å². The number of rotatable bonds is 3. The van der Waals surface area contributed by atoms with Crippen LogP contribution in [-0.2, 0) is 14.3 Å². The summed E-state index contributed by atoms with van der Waals surface area (Å²) in [6.45, 7) is 5.93. The lowest BCUT2D eigenvalue weighted by Gasteiger charge is -2.39. The summed E-state index contributed by atoms with van der Waals surface area (Å²) < 4.78 is 4.79. The van der Waals surface area contributed by atoms with Gasteiger partial charge in [0.1, 0.15) is 0 Å². The third-order valence-electron chi connectivity index (χ3n) is 6.71. The second-order valence-corrected chi connectivity index (χ2v) is 8.56. The first-order valence-corrected chi connectivity index (χ1v) is 9.22. The van der Waals surface area contributed by atoms with E-state index < -0.39 is 27.0 Å². The molecular weight excluding hydrogens is 386 g/mol. The van der Waals surface area contributed by atoms with Gasteiger partial charge in [0, 0.05) is 5.41 Å². The zero-order valence-corrected chi connectivity index (χ0v) is 16.4. The van der Waals surface area contributed by atoms with Crippen LogP contribution in [0, 0.1) is 16.2 Å². The molecule has 1 aromatic carbocycles. The number of benzene rings is 1. The van der Waals surface area contributed by atoms with Gasteiger partial charge in [-0.25, -0.2) is 4.79 Å². The minimum atomic E-state index is -0.845. The number of esters is 1. The van der Waals surface area contributed by atoms with Crippen LogP contribution in [0.25, 0.3) is 0 Å². The number of hydrogen-bond donors (Lipinski definition) is 1. The minimum absolute atomic E-state index is 0.0835. The highest BCUT2D eigenvalue weighted by atomic mass is 79.9. The van der Waals surface area contributed by atoms with Gasteiger partial charge in [0.25, 0.3) is 0 Å². The molecule has 0 spiro atoms. The molecule has 0 saturated heterocycles. The maximum absolute atomic E-state index is 13.3. The molecule has 3 atom stereocenters. The summed E-state index contributed by atoms with van der Waals surface area (Å²) in [6.07, 6.45) is 1.32. The molecule has 2 aliphatic rings. The van der Waals surface area contributed by atoms with Crippen molar-refractivity contribution in [2.24, 2.45) is 16.2 Å². The Morgan fingerprint density at radius 3 is 2.40 bits per heavy atom. The fourth-order valence-corrected chi connectivity index (χ4v) is 6.08. The normalized spacial score (nSPS) is 32.5. The summed E-state index contributed by atoms with van der Waals surface area (Å²) >= 11 is 3.50. The summed E-state index contributed by atoms with van der Waals surface area (Å²) in [4.78, 5) is 37.5. The molecule has 1 aromatic rings. The highest BCUT2D eigenvalue weighted by molar-refractivity contribution is 9.10. The van der Waals surface area contributed by atoms with Crippen LogP contribution in [0.4, 0.5) is 5.69 Å². The van der Waals surface area contributed by atoms with E-state index in [0.29, 0.717) is 24.1 Å². The molecule has 3 rings (SSSR count). The third-order valence-corrected chi connectivity index (χ3v) is 7.90. The fourth-order valence-electron chi connectivity index (χ4n) is 4.57. The van der Waals surface area contributed by atoms with E-state index in [4.69, 9.17) is 4.74 Å². The molecule has 0 radical (unpaired) electrons. The van der Waals surface area contributed by atoms with Crippen molar-refractivity contribution in [1.29, 1.82) is 0 Å². The lowest BCUT2D eigenvalue weighted by molar-refractivity contribution is -0.130. The number of ketones is 1. The quantitative estimate of drug-likeness (QED) is 0.613. The number of amides is 1. The van der Waals surface area contributed by atoms with Gasteiger partial charge in [-0.2, -0.15) is 0 Å². The average Bonchev–Trinajstić information content (AvgIpc) is 2.86. The molecule has 5 nitrogen and oxygen atoms in total. The van der Waals surface area contributed by atoms with E-state index in [0.717, 1.165) is 0 Å². The van der Waals surface area contributed by atoms with E-state index in [2.05, 4.69) is 21.2 Å². The fraction of sp³-hybridized carbons (Fsp3) is 0.526. The zero-order valence-electron chi connectivity index (χ0n) is 14.8. The molecule has 1 amide bonds. The molecule has 25 heavy (non-hydrogen) atoms. The number of alkyl halides is 1. The van der Waals surface area contributed by atoms with E-state index >= 15 is 0 Å². The number of carbonyl (C=O) groups excluding carboxylic acids is 3. The Hall–Kier alpha value is -1.69. The monoisotopic (exact) mass is 407 g/mol. The van der Waals surface area contributed by atoms with Crippen LogP contribution in [-0.4, -0.2) is 29.6 Å². The Bertz CT molecular complexity index is 774. The molecule has 2 saturated carbocycles. The number of carbonyl (C=O) groups is 3. The van der Waals surface area contributed by atoms with Gasteiger partial charge in [0.2, 0.25) is 5.91 Å². The smallest absolute Gasteiger partial charge is 0.339 e. The Kier molecular flexibility index (Phi) is 4.10. The lowest BCUT2D eigenvalue weighted by atomic mass is 9.64. The van der Waals surface area contributed by atoms with E-state index in [1.807, 2.05) is 20.8 Å². The number of para-hydroxylation sites is 1. The number of anilines is 1. The van der Waals surface area contributed by atoms with E-state index in [1.165, 1.54) is 7.11 Å². The first-order chi connectivity index (χ1) is 11.6. The predicted octanol–water partition coefficient (Wildman–Crippen LogP) is 3.57. The summed E-state index contributed by atoms with van der Waals surface area (Å²) in [5.41, 5.74) is -1.17. The second-order valence-electron chi connectivity index (χ2n) is 7.65. The summed E-state index contributed by atoms with van der Waals surface area (Å²) in [7, 11) is 1.30. The average molecular weight is 408 g/mol. The van der Waals surface area contributed by atoms with Crippen molar-refractivity contribution in [2.75, 3.05) is 12.4 Å². The second kappa shape index (κ2) is 5.66. The molecule has 0 aliphatic heterocycles. The number of methoxy groups -OCH3 is 1. The predicted molar refractivity (Wildman–Crippen MR) is 97.7 cm³/mol. The van der Waals surface area contributed by atoms with Crippen LogP contribution in [0.5, 0.6) is 0 Å². The van der Waals surface area contributed by atoms with Gasteiger partial charge in [-0.1, -0.05) is 48.8 Å². The van der Waals surface area contributed by atoms with Crippen LogP contribution in [0.3, 0.4) is 0 Å². The van der Waals surface area contributed by atoms with Crippen molar-refractivity contribution >= 4 is 39.3 Å². The number of hydrogen-bond acceptors (Lipinski definition) is 4. The van der Waals surface area contributed by atoms with E-state index in [1.54, 1.807) is 24.3 Å². The number of halogens is 1. The topological polar surface area (TPSA) is 72.5 Å².